The summed E-state index contributed by atoms with van der Waals surface area (Å²) in [7, 11) is 0. The standard InChI is InChI=1S/C17H18N2O3/c20-17(21)14-8-5-11-19(14)15-9-4-10-16(18-15)22-12-13-6-2-1-3-7-13/h1-4,6-7,9-10,14H,5,8,11-12H2,(H,20,21)/t14-/m0/s1. The summed E-state index contributed by atoms with van der Waals surface area (Å²) in [4.78, 5) is 17.6. The Morgan fingerprint density at radius 2 is 2.05 bits per heavy atom. The van der Waals surface area contributed by atoms with E-state index in [0.717, 1.165) is 12.0 Å². The lowest BCUT2D eigenvalue weighted by atomic mass is 10.2. The van der Waals surface area contributed by atoms with Crippen molar-refractivity contribution in [1.29, 1.82) is 0 Å². The molecule has 114 valence electrons. The van der Waals surface area contributed by atoms with Crippen LogP contribution in [-0.2, 0) is 11.4 Å². The number of rotatable bonds is 5. The molecular weight excluding hydrogens is 280 g/mol. The van der Waals surface area contributed by atoms with E-state index in [1.54, 1.807) is 6.07 Å². The Kier molecular flexibility index (Phi) is 4.23. The van der Waals surface area contributed by atoms with Crippen LogP contribution in [0.1, 0.15) is 18.4 Å². The van der Waals surface area contributed by atoms with Crippen LogP contribution in [0.15, 0.2) is 48.5 Å². The van der Waals surface area contributed by atoms with Crippen LogP contribution in [-0.4, -0.2) is 28.6 Å². The molecule has 2 heterocycles. The Bertz CT molecular complexity index is 645. The second kappa shape index (κ2) is 6.47. The third kappa shape index (κ3) is 3.19. The van der Waals surface area contributed by atoms with Crippen LogP contribution in [0, 0.1) is 0 Å². The van der Waals surface area contributed by atoms with Gasteiger partial charge in [-0.3, -0.25) is 0 Å². The van der Waals surface area contributed by atoms with Crippen molar-refractivity contribution in [3.8, 4) is 5.88 Å². The van der Waals surface area contributed by atoms with Crippen molar-refractivity contribution < 1.29 is 14.6 Å². The van der Waals surface area contributed by atoms with E-state index in [1.807, 2.05) is 47.4 Å². The van der Waals surface area contributed by atoms with Crippen molar-refractivity contribution in [2.24, 2.45) is 0 Å². The van der Waals surface area contributed by atoms with E-state index in [1.165, 1.54) is 0 Å². The Hall–Kier alpha value is -2.56. The minimum Gasteiger partial charge on any atom is -0.480 e. The third-order valence-corrected chi connectivity index (χ3v) is 3.77. The molecule has 1 fully saturated rings. The van der Waals surface area contributed by atoms with Gasteiger partial charge in [-0.1, -0.05) is 36.4 Å². The second-order valence-electron chi connectivity index (χ2n) is 5.30. The molecule has 0 unspecified atom stereocenters. The average molecular weight is 298 g/mol. The summed E-state index contributed by atoms with van der Waals surface area (Å²) in [5, 5.41) is 9.27. The maximum Gasteiger partial charge on any atom is 0.326 e. The largest absolute Gasteiger partial charge is 0.480 e. The first-order valence-electron chi connectivity index (χ1n) is 7.37. The molecule has 1 saturated heterocycles. The summed E-state index contributed by atoms with van der Waals surface area (Å²) in [5.74, 6) is 0.378. The molecule has 1 aliphatic heterocycles. The maximum absolute atomic E-state index is 11.3. The lowest BCUT2D eigenvalue weighted by Crippen LogP contribution is -2.36. The van der Waals surface area contributed by atoms with Crippen LogP contribution in [0.4, 0.5) is 5.82 Å². The fourth-order valence-corrected chi connectivity index (χ4v) is 2.67. The lowest BCUT2D eigenvalue weighted by molar-refractivity contribution is -0.138. The predicted octanol–water partition coefficient (Wildman–Crippen LogP) is 2.71. The Labute approximate surface area is 129 Å². The van der Waals surface area contributed by atoms with E-state index < -0.39 is 12.0 Å². The lowest BCUT2D eigenvalue weighted by Gasteiger charge is -2.22. The number of hydrogen-bond acceptors (Lipinski definition) is 4. The zero-order valence-electron chi connectivity index (χ0n) is 12.2. The fraction of sp³-hybridized carbons (Fsp3) is 0.294. The highest BCUT2D eigenvalue weighted by Gasteiger charge is 2.31. The number of aromatic nitrogens is 1. The van der Waals surface area contributed by atoms with Gasteiger partial charge in [0.2, 0.25) is 5.88 Å². The minimum atomic E-state index is -0.796. The minimum absolute atomic E-state index is 0.444. The highest BCUT2D eigenvalue weighted by Crippen LogP contribution is 2.25. The molecule has 0 radical (unpaired) electrons. The molecule has 22 heavy (non-hydrogen) atoms. The highest BCUT2D eigenvalue weighted by molar-refractivity contribution is 5.78. The van der Waals surface area contributed by atoms with Crippen molar-refractivity contribution >= 4 is 11.8 Å². The quantitative estimate of drug-likeness (QED) is 0.919. The Morgan fingerprint density at radius 3 is 2.82 bits per heavy atom. The molecule has 1 aromatic carbocycles. The molecule has 0 bridgehead atoms. The van der Waals surface area contributed by atoms with E-state index in [9.17, 15) is 9.90 Å². The summed E-state index contributed by atoms with van der Waals surface area (Å²) >= 11 is 0. The predicted molar refractivity (Wildman–Crippen MR) is 83.0 cm³/mol. The summed E-state index contributed by atoms with van der Waals surface area (Å²) in [6.07, 6.45) is 1.53. The van der Waals surface area contributed by atoms with Gasteiger partial charge < -0.3 is 14.7 Å². The number of carboxylic acid groups (broad SMARTS) is 1. The number of ether oxygens (including phenoxy) is 1. The fourth-order valence-electron chi connectivity index (χ4n) is 2.67. The molecule has 1 aromatic heterocycles. The number of aliphatic carboxylic acids is 1. The van der Waals surface area contributed by atoms with E-state index in [4.69, 9.17) is 4.74 Å². The molecule has 2 aromatic rings. The number of nitrogens with zero attached hydrogens (tertiary/aromatic N) is 2. The smallest absolute Gasteiger partial charge is 0.326 e. The number of pyridine rings is 1. The first-order valence-corrected chi connectivity index (χ1v) is 7.37. The van der Waals surface area contributed by atoms with Crippen LogP contribution in [0.25, 0.3) is 0 Å². The monoisotopic (exact) mass is 298 g/mol. The Morgan fingerprint density at radius 1 is 1.23 bits per heavy atom. The van der Waals surface area contributed by atoms with Gasteiger partial charge in [-0.2, -0.15) is 4.98 Å². The van der Waals surface area contributed by atoms with Gasteiger partial charge in [0, 0.05) is 12.6 Å². The number of benzene rings is 1. The number of hydrogen-bond donors (Lipinski definition) is 1. The van der Waals surface area contributed by atoms with Gasteiger partial charge in [0.15, 0.2) is 0 Å². The molecule has 0 spiro atoms. The Balaban J connectivity index is 1.71. The summed E-state index contributed by atoms with van der Waals surface area (Å²) in [6, 6.07) is 14.8. The van der Waals surface area contributed by atoms with Gasteiger partial charge in [-0.05, 0) is 24.5 Å². The number of anilines is 1. The van der Waals surface area contributed by atoms with E-state index >= 15 is 0 Å². The van der Waals surface area contributed by atoms with E-state index in [-0.39, 0.29) is 0 Å². The van der Waals surface area contributed by atoms with Gasteiger partial charge in [0.05, 0.1) is 0 Å². The normalized spacial score (nSPS) is 17.5. The van der Waals surface area contributed by atoms with Crippen molar-refractivity contribution in [3.05, 3.63) is 54.1 Å². The molecule has 0 amide bonds. The topological polar surface area (TPSA) is 62.7 Å². The van der Waals surface area contributed by atoms with E-state index in [0.29, 0.717) is 31.3 Å². The molecule has 1 atom stereocenters. The highest BCUT2D eigenvalue weighted by atomic mass is 16.5. The molecule has 5 nitrogen and oxygen atoms in total. The van der Waals surface area contributed by atoms with Crippen molar-refractivity contribution in [2.75, 3.05) is 11.4 Å². The molecule has 5 heteroatoms. The third-order valence-electron chi connectivity index (χ3n) is 3.77. The average Bonchev–Trinajstić information content (AvgIpc) is 3.04. The SMILES string of the molecule is O=C(O)[C@@H]1CCCN1c1cccc(OCc2ccccc2)n1. The van der Waals surface area contributed by atoms with Gasteiger partial charge in [0.25, 0.3) is 0 Å². The molecule has 1 aliphatic rings. The first-order chi connectivity index (χ1) is 10.7. The molecule has 0 saturated carbocycles. The second-order valence-corrected chi connectivity index (χ2v) is 5.30. The van der Waals surface area contributed by atoms with Crippen molar-refractivity contribution in [1.82, 2.24) is 4.98 Å². The van der Waals surface area contributed by atoms with Crippen molar-refractivity contribution in [2.45, 2.75) is 25.5 Å². The zero-order valence-corrected chi connectivity index (χ0v) is 12.2. The van der Waals surface area contributed by atoms with Gasteiger partial charge in [-0.15, -0.1) is 0 Å². The molecule has 3 rings (SSSR count). The first kappa shape index (κ1) is 14.4. The summed E-state index contributed by atoms with van der Waals surface area (Å²) in [5.41, 5.74) is 1.07. The molecular formula is C17H18N2O3. The van der Waals surface area contributed by atoms with Gasteiger partial charge in [0.1, 0.15) is 18.5 Å². The van der Waals surface area contributed by atoms with Crippen LogP contribution in [0.5, 0.6) is 5.88 Å². The van der Waals surface area contributed by atoms with Gasteiger partial charge in [-0.25, -0.2) is 4.79 Å². The molecule has 1 N–H and O–H groups in total. The van der Waals surface area contributed by atoms with Gasteiger partial charge >= 0.3 is 5.97 Å². The van der Waals surface area contributed by atoms with E-state index in [2.05, 4.69) is 4.98 Å². The molecule has 0 aliphatic carbocycles. The zero-order chi connectivity index (χ0) is 15.4. The maximum atomic E-state index is 11.3. The summed E-state index contributed by atoms with van der Waals surface area (Å²) < 4.78 is 5.70. The van der Waals surface area contributed by atoms with Crippen molar-refractivity contribution in [3.63, 3.8) is 0 Å². The summed E-state index contributed by atoms with van der Waals surface area (Å²) in [6.45, 7) is 1.16. The van der Waals surface area contributed by atoms with Crippen LogP contribution in [0.2, 0.25) is 0 Å². The van der Waals surface area contributed by atoms with Crippen LogP contribution >= 0.6 is 0 Å². The van der Waals surface area contributed by atoms with Crippen LogP contribution < -0.4 is 9.64 Å². The number of carboxylic acids is 1. The number of carbonyl (C=O) groups is 1. The van der Waals surface area contributed by atoms with Crippen LogP contribution in [0.3, 0.4) is 0 Å².